The van der Waals surface area contributed by atoms with Crippen LogP contribution >= 0.6 is 0 Å². The van der Waals surface area contributed by atoms with E-state index in [-0.39, 0.29) is 17.3 Å². The molecule has 2 aromatic rings. The summed E-state index contributed by atoms with van der Waals surface area (Å²) >= 11 is 0. The molecule has 3 rings (SSSR count). The summed E-state index contributed by atoms with van der Waals surface area (Å²) in [6, 6.07) is 15.0. The van der Waals surface area contributed by atoms with Gasteiger partial charge < -0.3 is 10.4 Å². The first-order chi connectivity index (χ1) is 12.4. The standard InChI is InChI=1S/C20H18N2O4/c1-12(23)17-18(14-6-4-3-5-7-14)22(20(26)19(17)25)16-10-8-15(9-11-16)21-13(2)24/h3-11,18,25H,1-2H3,(H,21,24). The van der Waals surface area contributed by atoms with Gasteiger partial charge in [0.25, 0.3) is 5.91 Å². The lowest BCUT2D eigenvalue weighted by Gasteiger charge is -2.26. The number of aliphatic hydroxyl groups is 1. The van der Waals surface area contributed by atoms with Crippen molar-refractivity contribution >= 4 is 29.0 Å². The summed E-state index contributed by atoms with van der Waals surface area (Å²) in [6.07, 6.45) is 0. The van der Waals surface area contributed by atoms with Gasteiger partial charge in [-0.3, -0.25) is 19.3 Å². The monoisotopic (exact) mass is 350 g/mol. The normalized spacial score (nSPS) is 16.8. The highest BCUT2D eigenvalue weighted by Gasteiger charge is 2.43. The van der Waals surface area contributed by atoms with Gasteiger partial charge in [-0.15, -0.1) is 0 Å². The number of anilines is 2. The Morgan fingerprint density at radius 2 is 1.62 bits per heavy atom. The van der Waals surface area contributed by atoms with Gasteiger partial charge >= 0.3 is 0 Å². The van der Waals surface area contributed by atoms with E-state index in [0.29, 0.717) is 11.4 Å². The number of ketones is 1. The minimum atomic E-state index is -0.701. The van der Waals surface area contributed by atoms with Crippen molar-refractivity contribution in [1.29, 1.82) is 0 Å². The predicted molar refractivity (Wildman–Crippen MR) is 97.8 cm³/mol. The van der Waals surface area contributed by atoms with Crippen LogP contribution in [0.2, 0.25) is 0 Å². The van der Waals surface area contributed by atoms with Crippen LogP contribution in [0.5, 0.6) is 0 Å². The smallest absolute Gasteiger partial charge is 0.294 e. The molecule has 0 spiro atoms. The van der Waals surface area contributed by atoms with Crippen molar-refractivity contribution in [3.63, 3.8) is 0 Å². The van der Waals surface area contributed by atoms with Gasteiger partial charge in [0.05, 0.1) is 11.6 Å². The zero-order valence-electron chi connectivity index (χ0n) is 14.4. The van der Waals surface area contributed by atoms with Gasteiger partial charge in [0.15, 0.2) is 11.5 Å². The summed E-state index contributed by atoms with van der Waals surface area (Å²) in [5.74, 6) is -1.72. The quantitative estimate of drug-likeness (QED) is 0.887. The number of carbonyl (C=O) groups excluding carboxylic acids is 3. The first-order valence-corrected chi connectivity index (χ1v) is 8.10. The van der Waals surface area contributed by atoms with Crippen LogP contribution in [-0.4, -0.2) is 22.7 Å². The predicted octanol–water partition coefficient (Wildman–Crippen LogP) is 3.13. The number of aliphatic hydroxyl groups excluding tert-OH is 1. The number of amides is 2. The molecule has 2 amide bonds. The average molecular weight is 350 g/mol. The highest BCUT2D eigenvalue weighted by atomic mass is 16.3. The third-order valence-electron chi connectivity index (χ3n) is 4.17. The average Bonchev–Trinajstić information content (AvgIpc) is 2.88. The van der Waals surface area contributed by atoms with Crippen molar-refractivity contribution in [1.82, 2.24) is 0 Å². The molecule has 0 radical (unpaired) electrons. The van der Waals surface area contributed by atoms with Gasteiger partial charge in [0, 0.05) is 18.3 Å². The van der Waals surface area contributed by atoms with E-state index < -0.39 is 17.7 Å². The fraction of sp³-hybridized carbons (Fsp3) is 0.150. The van der Waals surface area contributed by atoms with Crippen LogP contribution in [0.15, 0.2) is 65.9 Å². The highest BCUT2D eigenvalue weighted by molar-refractivity contribution is 6.16. The van der Waals surface area contributed by atoms with E-state index in [1.165, 1.54) is 18.7 Å². The first kappa shape index (κ1) is 17.4. The fourth-order valence-electron chi connectivity index (χ4n) is 3.09. The molecule has 1 unspecified atom stereocenters. The molecule has 132 valence electrons. The van der Waals surface area contributed by atoms with E-state index in [1.54, 1.807) is 36.4 Å². The maximum absolute atomic E-state index is 12.7. The molecular formula is C20H18N2O4. The maximum atomic E-state index is 12.7. The van der Waals surface area contributed by atoms with E-state index in [1.807, 2.05) is 18.2 Å². The molecule has 6 heteroatoms. The van der Waals surface area contributed by atoms with Gasteiger partial charge in [-0.05, 0) is 36.8 Å². The van der Waals surface area contributed by atoms with Crippen LogP contribution in [0.1, 0.15) is 25.5 Å². The molecular weight excluding hydrogens is 332 g/mol. The molecule has 1 heterocycles. The Bertz CT molecular complexity index is 901. The number of Topliss-reactive ketones (excluding diaryl/α,β-unsaturated/α-hetero) is 1. The topological polar surface area (TPSA) is 86.7 Å². The van der Waals surface area contributed by atoms with Crippen molar-refractivity contribution in [2.75, 3.05) is 10.2 Å². The highest BCUT2D eigenvalue weighted by Crippen LogP contribution is 2.40. The molecule has 2 aromatic carbocycles. The first-order valence-electron chi connectivity index (χ1n) is 8.10. The largest absolute Gasteiger partial charge is 0.503 e. The summed E-state index contributed by atoms with van der Waals surface area (Å²) in [5, 5.41) is 12.9. The molecule has 0 aliphatic carbocycles. The van der Waals surface area contributed by atoms with Crippen LogP contribution in [0, 0.1) is 0 Å². The molecule has 1 atom stereocenters. The minimum absolute atomic E-state index is 0.0761. The van der Waals surface area contributed by atoms with Crippen LogP contribution in [0.25, 0.3) is 0 Å². The van der Waals surface area contributed by atoms with Crippen LogP contribution in [0.3, 0.4) is 0 Å². The second-order valence-electron chi connectivity index (χ2n) is 6.03. The number of carbonyl (C=O) groups is 3. The van der Waals surface area contributed by atoms with Crippen LogP contribution in [0.4, 0.5) is 11.4 Å². The Morgan fingerprint density at radius 1 is 1.00 bits per heavy atom. The van der Waals surface area contributed by atoms with Crippen molar-refractivity contribution < 1.29 is 19.5 Å². The number of rotatable bonds is 4. The van der Waals surface area contributed by atoms with E-state index in [4.69, 9.17) is 0 Å². The van der Waals surface area contributed by atoms with Gasteiger partial charge in [-0.2, -0.15) is 0 Å². The number of nitrogens with one attached hydrogen (secondary N) is 1. The van der Waals surface area contributed by atoms with Crippen LogP contribution in [-0.2, 0) is 14.4 Å². The molecule has 2 N–H and O–H groups in total. The Kier molecular flexibility index (Phi) is 4.58. The van der Waals surface area contributed by atoms with Crippen molar-refractivity contribution in [2.45, 2.75) is 19.9 Å². The summed E-state index contributed by atoms with van der Waals surface area (Å²) in [6.45, 7) is 2.74. The lowest BCUT2D eigenvalue weighted by molar-refractivity contribution is -0.117. The molecule has 1 aliphatic rings. The molecule has 0 fully saturated rings. The number of benzene rings is 2. The third-order valence-corrected chi connectivity index (χ3v) is 4.17. The molecule has 26 heavy (non-hydrogen) atoms. The van der Waals surface area contributed by atoms with E-state index in [9.17, 15) is 19.5 Å². The third kappa shape index (κ3) is 3.09. The zero-order chi connectivity index (χ0) is 18.8. The number of nitrogens with zero attached hydrogens (tertiary/aromatic N) is 1. The van der Waals surface area contributed by atoms with Gasteiger partial charge in [-0.25, -0.2) is 0 Å². The van der Waals surface area contributed by atoms with Gasteiger partial charge in [0.1, 0.15) is 0 Å². The molecule has 1 aliphatic heterocycles. The Morgan fingerprint density at radius 3 is 2.15 bits per heavy atom. The SMILES string of the molecule is CC(=O)Nc1ccc(N2C(=O)C(O)=C(C(C)=O)C2c2ccccc2)cc1. The number of hydrogen-bond donors (Lipinski definition) is 2. The molecule has 6 nitrogen and oxygen atoms in total. The summed E-state index contributed by atoms with van der Waals surface area (Å²) in [4.78, 5) is 37.3. The molecule has 0 saturated heterocycles. The van der Waals surface area contributed by atoms with Crippen molar-refractivity contribution in [2.24, 2.45) is 0 Å². The van der Waals surface area contributed by atoms with Crippen LogP contribution < -0.4 is 10.2 Å². The summed E-state index contributed by atoms with van der Waals surface area (Å²) < 4.78 is 0. The number of hydrogen-bond acceptors (Lipinski definition) is 4. The van der Waals surface area contributed by atoms with Crippen molar-refractivity contribution in [3.05, 3.63) is 71.5 Å². The lowest BCUT2D eigenvalue weighted by atomic mass is 9.96. The van der Waals surface area contributed by atoms with Gasteiger partial charge in [-0.1, -0.05) is 30.3 Å². The zero-order valence-corrected chi connectivity index (χ0v) is 14.4. The second-order valence-corrected chi connectivity index (χ2v) is 6.03. The van der Waals surface area contributed by atoms with E-state index in [0.717, 1.165) is 5.56 Å². The Labute approximate surface area is 150 Å². The fourth-order valence-corrected chi connectivity index (χ4v) is 3.09. The van der Waals surface area contributed by atoms with E-state index >= 15 is 0 Å². The summed E-state index contributed by atoms with van der Waals surface area (Å²) in [5.41, 5.74) is 1.90. The maximum Gasteiger partial charge on any atom is 0.294 e. The minimum Gasteiger partial charge on any atom is -0.503 e. The summed E-state index contributed by atoms with van der Waals surface area (Å²) in [7, 11) is 0. The van der Waals surface area contributed by atoms with E-state index in [2.05, 4.69) is 5.32 Å². The van der Waals surface area contributed by atoms with Crippen molar-refractivity contribution in [3.8, 4) is 0 Å². The Hall–Kier alpha value is -3.41. The van der Waals surface area contributed by atoms with Gasteiger partial charge in [0.2, 0.25) is 5.91 Å². The molecule has 0 saturated carbocycles. The Balaban J connectivity index is 2.06. The lowest BCUT2D eigenvalue weighted by Crippen LogP contribution is -2.30. The molecule has 0 aromatic heterocycles. The molecule has 0 bridgehead atoms. The second kappa shape index (κ2) is 6.84.